The smallest absolute Gasteiger partial charge is 0.183 e. The molecule has 0 aliphatic rings. The highest BCUT2D eigenvalue weighted by Crippen LogP contribution is 2.15. The normalized spacial score (nSPS) is 9.64. The third kappa shape index (κ3) is 3.03. The van der Waals surface area contributed by atoms with Crippen molar-refractivity contribution in [2.75, 3.05) is 11.9 Å². The second-order valence-electron chi connectivity index (χ2n) is 2.16. The fraction of sp³-hybridized carbons (Fsp3) is 0.286. The van der Waals surface area contributed by atoms with Gasteiger partial charge in [0, 0.05) is 16.4 Å². The van der Waals surface area contributed by atoms with Crippen molar-refractivity contribution >= 4 is 32.4 Å². The topological polar surface area (TPSA) is 24.9 Å². The monoisotopic (exact) mass is 232 g/mol. The predicted octanol–water partition coefficient (Wildman–Crippen LogP) is 2.77. The summed E-state index contributed by atoms with van der Waals surface area (Å²) in [7, 11) is 0. The summed E-state index contributed by atoms with van der Waals surface area (Å²) < 4.78 is 0.936. The molecule has 0 saturated carbocycles. The van der Waals surface area contributed by atoms with E-state index in [2.05, 4.69) is 32.8 Å². The summed E-state index contributed by atoms with van der Waals surface area (Å²) in [5.74, 6) is 0. The van der Waals surface area contributed by atoms with E-state index in [0.717, 1.165) is 21.9 Å². The van der Waals surface area contributed by atoms with E-state index in [1.807, 2.05) is 12.3 Å². The first-order chi connectivity index (χ1) is 5.18. The number of halogens is 1. The zero-order chi connectivity index (χ0) is 8.27. The molecule has 0 spiro atoms. The summed E-state index contributed by atoms with van der Waals surface area (Å²) in [6, 6.07) is 0. The summed E-state index contributed by atoms with van der Waals surface area (Å²) in [6.45, 7) is 6.41. The van der Waals surface area contributed by atoms with E-state index in [9.17, 15) is 0 Å². The first-order valence-electron chi connectivity index (χ1n) is 3.18. The third-order valence-corrected chi connectivity index (χ3v) is 2.25. The van der Waals surface area contributed by atoms with Crippen LogP contribution in [-0.4, -0.2) is 11.5 Å². The molecule has 0 bridgehead atoms. The lowest BCUT2D eigenvalue weighted by Crippen LogP contribution is -1.99. The second kappa shape index (κ2) is 3.88. The SMILES string of the molecule is C=C(Br)CNc1nc(C)cs1. The van der Waals surface area contributed by atoms with Crippen LogP contribution in [-0.2, 0) is 0 Å². The Morgan fingerprint density at radius 3 is 3.09 bits per heavy atom. The standard InChI is InChI=1S/C7H9BrN2S/c1-5(8)3-9-7-10-6(2)4-11-7/h4H,1,3H2,2H3,(H,9,10). The van der Waals surface area contributed by atoms with Gasteiger partial charge in [-0.1, -0.05) is 22.5 Å². The molecule has 0 radical (unpaired) electrons. The van der Waals surface area contributed by atoms with Crippen LogP contribution in [0.1, 0.15) is 5.69 Å². The Hall–Kier alpha value is -0.350. The van der Waals surface area contributed by atoms with Gasteiger partial charge in [0.25, 0.3) is 0 Å². The Labute approximate surface area is 78.5 Å². The van der Waals surface area contributed by atoms with E-state index in [1.54, 1.807) is 11.3 Å². The molecule has 0 saturated heterocycles. The first-order valence-corrected chi connectivity index (χ1v) is 4.85. The van der Waals surface area contributed by atoms with Gasteiger partial charge in [-0.3, -0.25) is 0 Å². The van der Waals surface area contributed by atoms with E-state index < -0.39 is 0 Å². The summed E-state index contributed by atoms with van der Waals surface area (Å²) in [6.07, 6.45) is 0. The number of aryl methyl sites for hydroxylation is 1. The average molecular weight is 233 g/mol. The van der Waals surface area contributed by atoms with Gasteiger partial charge in [-0.25, -0.2) is 4.98 Å². The Kier molecular flexibility index (Phi) is 3.08. The summed E-state index contributed by atoms with van der Waals surface area (Å²) >= 11 is 4.87. The van der Waals surface area contributed by atoms with Gasteiger partial charge in [0.2, 0.25) is 0 Å². The number of anilines is 1. The zero-order valence-corrected chi connectivity index (χ0v) is 8.63. The van der Waals surface area contributed by atoms with Crippen LogP contribution in [0.3, 0.4) is 0 Å². The Morgan fingerprint density at radius 2 is 2.64 bits per heavy atom. The van der Waals surface area contributed by atoms with Crippen molar-refractivity contribution in [2.45, 2.75) is 6.92 Å². The molecule has 1 aromatic heterocycles. The molecular formula is C7H9BrN2S. The van der Waals surface area contributed by atoms with Gasteiger partial charge in [0.15, 0.2) is 5.13 Å². The molecule has 2 nitrogen and oxygen atoms in total. The van der Waals surface area contributed by atoms with Gasteiger partial charge >= 0.3 is 0 Å². The molecule has 60 valence electrons. The van der Waals surface area contributed by atoms with Crippen LogP contribution in [0.5, 0.6) is 0 Å². The minimum absolute atomic E-state index is 0.729. The quantitative estimate of drug-likeness (QED) is 0.868. The molecule has 1 rings (SSSR count). The Balaban J connectivity index is 2.45. The molecule has 0 aromatic carbocycles. The van der Waals surface area contributed by atoms with Crippen LogP contribution in [0.25, 0.3) is 0 Å². The highest BCUT2D eigenvalue weighted by Gasteiger charge is 1.95. The minimum atomic E-state index is 0.729. The molecule has 0 atom stereocenters. The third-order valence-electron chi connectivity index (χ3n) is 1.05. The van der Waals surface area contributed by atoms with Crippen molar-refractivity contribution in [3.8, 4) is 0 Å². The fourth-order valence-corrected chi connectivity index (χ4v) is 1.43. The molecule has 0 amide bonds. The van der Waals surface area contributed by atoms with Gasteiger partial charge in [-0.05, 0) is 6.92 Å². The van der Waals surface area contributed by atoms with Crippen molar-refractivity contribution < 1.29 is 0 Å². The number of nitrogens with one attached hydrogen (secondary N) is 1. The lowest BCUT2D eigenvalue weighted by molar-refractivity contribution is 1.22. The zero-order valence-electron chi connectivity index (χ0n) is 6.22. The average Bonchev–Trinajstić information content (AvgIpc) is 2.31. The Bertz CT molecular complexity index is 257. The summed E-state index contributed by atoms with van der Waals surface area (Å²) in [5, 5.41) is 6.09. The van der Waals surface area contributed by atoms with E-state index >= 15 is 0 Å². The van der Waals surface area contributed by atoms with Crippen molar-refractivity contribution in [1.82, 2.24) is 4.98 Å². The highest BCUT2D eigenvalue weighted by atomic mass is 79.9. The number of hydrogen-bond acceptors (Lipinski definition) is 3. The molecular weight excluding hydrogens is 224 g/mol. The van der Waals surface area contributed by atoms with E-state index in [1.165, 1.54) is 0 Å². The molecule has 1 heterocycles. The summed E-state index contributed by atoms with van der Waals surface area (Å²) in [5.41, 5.74) is 1.05. The second-order valence-corrected chi connectivity index (χ2v) is 4.14. The largest absolute Gasteiger partial charge is 0.357 e. The van der Waals surface area contributed by atoms with Gasteiger partial charge < -0.3 is 5.32 Å². The van der Waals surface area contributed by atoms with Crippen molar-refractivity contribution in [3.05, 3.63) is 22.1 Å². The van der Waals surface area contributed by atoms with Gasteiger partial charge in [0.05, 0.1) is 5.69 Å². The van der Waals surface area contributed by atoms with Crippen LogP contribution >= 0.6 is 27.3 Å². The molecule has 0 fully saturated rings. The van der Waals surface area contributed by atoms with Gasteiger partial charge in [0.1, 0.15) is 0 Å². The summed E-state index contributed by atoms with van der Waals surface area (Å²) in [4.78, 5) is 4.23. The first kappa shape index (κ1) is 8.74. The molecule has 0 unspecified atom stereocenters. The van der Waals surface area contributed by atoms with Gasteiger partial charge in [-0.2, -0.15) is 0 Å². The molecule has 4 heteroatoms. The van der Waals surface area contributed by atoms with Crippen molar-refractivity contribution in [1.29, 1.82) is 0 Å². The highest BCUT2D eigenvalue weighted by molar-refractivity contribution is 9.11. The maximum Gasteiger partial charge on any atom is 0.183 e. The van der Waals surface area contributed by atoms with Crippen LogP contribution in [0.4, 0.5) is 5.13 Å². The fourth-order valence-electron chi connectivity index (χ4n) is 0.607. The van der Waals surface area contributed by atoms with Crippen LogP contribution in [0.15, 0.2) is 16.4 Å². The van der Waals surface area contributed by atoms with E-state index in [-0.39, 0.29) is 0 Å². The van der Waals surface area contributed by atoms with Crippen LogP contribution < -0.4 is 5.32 Å². The Morgan fingerprint density at radius 1 is 1.91 bits per heavy atom. The molecule has 1 aromatic rings. The number of aromatic nitrogens is 1. The molecule has 0 aliphatic heterocycles. The lowest BCUT2D eigenvalue weighted by atomic mass is 10.6. The van der Waals surface area contributed by atoms with Crippen LogP contribution in [0, 0.1) is 6.92 Å². The van der Waals surface area contributed by atoms with Crippen molar-refractivity contribution in [2.24, 2.45) is 0 Å². The van der Waals surface area contributed by atoms with Crippen molar-refractivity contribution in [3.63, 3.8) is 0 Å². The number of hydrogen-bond donors (Lipinski definition) is 1. The van der Waals surface area contributed by atoms with E-state index in [0.29, 0.717) is 0 Å². The number of nitrogens with zero attached hydrogens (tertiary/aromatic N) is 1. The lowest BCUT2D eigenvalue weighted by Gasteiger charge is -1.97. The maximum atomic E-state index is 4.23. The van der Waals surface area contributed by atoms with Gasteiger partial charge in [-0.15, -0.1) is 11.3 Å². The maximum absolute atomic E-state index is 4.23. The molecule has 11 heavy (non-hydrogen) atoms. The number of rotatable bonds is 3. The minimum Gasteiger partial charge on any atom is -0.357 e. The predicted molar refractivity (Wildman–Crippen MR) is 53.4 cm³/mol. The van der Waals surface area contributed by atoms with E-state index in [4.69, 9.17) is 0 Å². The molecule has 1 N–H and O–H groups in total. The number of thiazole rings is 1. The van der Waals surface area contributed by atoms with Crippen LogP contribution in [0.2, 0.25) is 0 Å². The molecule has 0 aliphatic carbocycles.